The summed E-state index contributed by atoms with van der Waals surface area (Å²) in [7, 11) is 0. The first-order valence-electron chi connectivity index (χ1n) is 7.01. The SMILES string of the molecule is C=CC(=C)/C=C\C=C(/C)COCC(=O)Oc1ccc(C)cc1. The molecule has 1 aromatic carbocycles. The molecule has 0 unspecified atom stereocenters. The topological polar surface area (TPSA) is 35.5 Å². The summed E-state index contributed by atoms with van der Waals surface area (Å²) in [5, 5.41) is 0. The van der Waals surface area contributed by atoms with Crippen LogP contribution >= 0.6 is 0 Å². The number of carbonyl (C=O) groups is 1. The van der Waals surface area contributed by atoms with Gasteiger partial charge in [0.15, 0.2) is 0 Å². The number of rotatable bonds is 8. The number of hydrogen-bond donors (Lipinski definition) is 0. The lowest BCUT2D eigenvalue weighted by Gasteiger charge is -2.06. The fourth-order valence-electron chi connectivity index (χ4n) is 1.51. The molecule has 0 aliphatic rings. The monoisotopic (exact) mass is 298 g/mol. The van der Waals surface area contributed by atoms with Crippen molar-refractivity contribution in [2.75, 3.05) is 13.2 Å². The Morgan fingerprint density at radius 2 is 1.91 bits per heavy atom. The highest BCUT2D eigenvalue weighted by Crippen LogP contribution is 2.11. The molecular weight excluding hydrogens is 276 g/mol. The van der Waals surface area contributed by atoms with Crippen LogP contribution in [0.25, 0.3) is 0 Å². The Balaban J connectivity index is 2.31. The Labute approximate surface area is 132 Å². The lowest BCUT2D eigenvalue weighted by atomic mass is 10.2. The first-order chi connectivity index (χ1) is 10.5. The van der Waals surface area contributed by atoms with Crippen LogP contribution in [-0.4, -0.2) is 19.2 Å². The van der Waals surface area contributed by atoms with Crippen molar-refractivity contribution in [3.8, 4) is 5.75 Å². The lowest BCUT2D eigenvalue weighted by Crippen LogP contribution is -2.16. The normalized spacial score (nSPS) is 11.5. The third kappa shape index (κ3) is 7.41. The van der Waals surface area contributed by atoms with Crippen molar-refractivity contribution in [1.29, 1.82) is 0 Å². The van der Waals surface area contributed by atoms with Gasteiger partial charge in [0.2, 0.25) is 0 Å². The van der Waals surface area contributed by atoms with Crippen LogP contribution in [0.3, 0.4) is 0 Å². The van der Waals surface area contributed by atoms with Crippen molar-refractivity contribution in [1.82, 2.24) is 0 Å². The van der Waals surface area contributed by atoms with Crippen molar-refractivity contribution >= 4 is 5.97 Å². The highest BCUT2D eigenvalue weighted by atomic mass is 16.6. The minimum absolute atomic E-state index is 0.0812. The van der Waals surface area contributed by atoms with Crippen LogP contribution in [0.4, 0.5) is 0 Å². The molecule has 0 spiro atoms. The van der Waals surface area contributed by atoms with Gasteiger partial charge >= 0.3 is 5.97 Å². The minimum Gasteiger partial charge on any atom is -0.425 e. The van der Waals surface area contributed by atoms with Gasteiger partial charge < -0.3 is 9.47 Å². The summed E-state index contributed by atoms with van der Waals surface area (Å²) in [6, 6.07) is 7.30. The molecule has 0 radical (unpaired) electrons. The molecule has 0 N–H and O–H groups in total. The molecule has 116 valence electrons. The molecule has 0 atom stereocenters. The summed E-state index contributed by atoms with van der Waals surface area (Å²) < 4.78 is 10.5. The average Bonchev–Trinajstić information content (AvgIpc) is 2.49. The quantitative estimate of drug-likeness (QED) is 0.410. The summed E-state index contributed by atoms with van der Waals surface area (Å²) in [5.41, 5.74) is 2.95. The number of hydrogen-bond acceptors (Lipinski definition) is 3. The minimum atomic E-state index is -0.410. The van der Waals surface area contributed by atoms with E-state index in [1.54, 1.807) is 18.2 Å². The van der Waals surface area contributed by atoms with Crippen molar-refractivity contribution in [3.63, 3.8) is 0 Å². The predicted octanol–water partition coefficient (Wildman–Crippen LogP) is 4.16. The van der Waals surface area contributed by atoms with E-state index >= 15 is 0 Å². The first kappa shape index (κ1) is 17.7. The molecule has 3 nitrogen and oxygen atoms in total. The molecular formula is C19H22O3. The van der Waals surface area contributed by atoms with Gasteiger partial charge in [0, 0.05) is 0 Å². The maximum absolute atomic E-state index is 11.6. The van der Waals surface area contributed by atoms with Crippen molar-refractivity contribution in [2.45, 2.75) is 13.8 Å². The zero-order valence-corrected chi connectivity index (χ0v) is 13.2. The Bertz CT molecular complexity index is 577. The number of benzene rings is 1. The van der Waals surface area contributed by atoms with Crippen LogP contribution in [0.2, 0.25) is 0 Å². The van der Waals surface area contributed by atoms with Gasteiger partial charge in [0.05, 0.1) is 6.61 Å². The number of aryl methyl sites for hydroxylation is 1. The first-order valence-corrected chi connectivity index (χ1v) is 7.01. The second-order valence-corrected chi connectivity index (χ2v) is 4.93. The van der Waals surface area contributed by atoms with E-state index in [4.69, 9.17) is 9.47 Å². The Morgan fingerprint density at radius 3 is 2.55 bits per heavy atom. The average molecular weight is 298 g/mol. The molecule has 0 fully saturated rings. The maximum atomic E-state index is 11.6. The van der Waals surface area contributed by atoms with Gasteiger partial charge in [-0.15, -0.1) is 0 Å². The molecule has 0 aliphatic heterocycles. The van der Waals surface area contributed by atoms with E-state index in [1.165, 1.54) is 0 Å². The summed E-state index contributed by atoms with van der Waals surface area (Å²) in [4.78, 5) is 11.6. The van der Waals surface area contributed by atoms with Crippen molar-refractivity contribution in [3.05, 3.63) is 78.4 Å². The molecule has 0 saturated heterocycles. The summed E-state index contributed by atoms with van der Waals surface area (Å²) in [5.74, 6) is 0.115. The van der Waals surface area contributed by atoms with E-state index in [-0.39, 0.29) is 6.61 Å². The Hall–Kier alpha value is -2.39. The molecule has 1 rings (SSSR count). The van der Waals surface area contributed by atoms with Gasteiger partial charge in [0.25, 0.3) is 0 Å². The Morgan fingerprint density at radius 1 is 1.23 bits per heavy atom. The highest BCUT2D eigenvalue weighted by Gasteiger charge is 2.04. The molecule has 0 amide bonds. The van der Waals surface area contributed by atoms with Crippen LogP contribution in [0.1, 0.15) is 12.5 Å². The van der Waals surface area contributed by atoms with Crippen molar-refractivity contribution in [2.24, 2.45) is 0 Å². The number of allylic oxidation sites excluding steroid dienone is 5. The van der Waals surface area contributed by atoms with Gasteiger partial charge in [-0.3, -0.25) is 0 Å². The van der Waals surface area contributed by atoms with E-state index in [0.717, 1.165) is 16.7 Å². The van der Waals surface area contributed by atoms with E-state index in [0.29, 0.717) is 12.4 Å². The molecule has 0 heterocycles. The highest BCUT2D eigenvalue weighted by molar-refractivity contribution is 5.73. The van der Waals surface area contributed by atoms with Gasteiger partial charge in [0.1, 0.15) is 12.4 Å². The lowest BCUT2D eigenvalue weighted by molar-refractivity contribution is -0.139. The van der Waals surface area contributed by atoms with Crippen LogP contribution in [0, 0.1) is 6.92 Å². The van der Waals surface area contributed by atoms with Gasteiger partial charge in [-0.05, 0) is 37.1 Å². The smallest absolute Gasteiger partial charge is 0.337 e. The zero-order valence-electron chi connectivity index (χ0n) is 13.2. The number of carbonyl (C=O) groups excluding carboxylic acids is 1. The molecule has 0 saturated carbocycles. The third-order valence-corrected chi connectivity index (χ3v) is 2.76. The third-order valence-electron chi connectivity index (χ3n) is 2.76. The second-order valence-electron chi connectivity index (χ2n) is 4.93. The zero-order chi connectivity index (χ0) is 16.4. The van der Waals surface area contributed by atoms with E-state index < -0.39 is 5.97 Å². The van der Waals surface area contributed by atoms with E-state index in [1.807, 2.05) is 44.2 Å². The molecule has 0 bridgehead atoms. The predicted molar refractivity (Wildman–Crippen MR) is 89.9 cm³/mol. The van der Waals surface area contributed by atoms with E-state index in [9.17, 15) is 4.79 Å². The van der Waals surface area contributed by atoms with Gasteiger partial charge in [-0.2, -0.15) is 0 Å². The fraction of sp³-hybridized carbons (Fsp3) is 0.211. The summed E-state index contributed by atoms with van der Waals surface area (Å²) in [6.07, 6.45) is 7.30. The maximum Gasteiger partial charge on any atom is 0.337 e. The van der Waals surface area contributed by atoms with Crippen LogP contribution < -0.4 is 4.74 Å². The van der Waals surface area contributed by atoms with Crippen LogP contribution in [0.5, 0.6) is 5.75 Å². The molecule has 0 aliphatic carbocycles. The van der Waals surface area contributed by atoms with Crippen LogP contribution in [-0.2, 0) is 9.53 Å². The molecule has 0 aromatic heterocycles. The van der Waals surface area contributed by atoms with Crippen LogP contribution in [0.15, 0.2) is 72.9 Å². The number of esters is 1. The van der Waals surface area contributed by atoms with Gasteiger partial charge in [-0.25, -0.2) is 4.79 Å². The largest absolute Gasteiger partial charge is 0.425 e. The van der Waals surface area contributed by atoms with E-state index in [2.05, 4.69) is 13.2 Å². The molecule has 3 heteroatoms. The molecule has 22 heavy (non-hydrogen) atoms. The summed E-state index contributed by atoms with van der Waals surface area (Å²) in [6.45, 7) is 11.6. The standard InChI is InChI=1S/C19H22O3/c1-5-15(2)7-6-8-17(4)13-21-14-19(20)22-18-11-9-16(3)10-12-18/h5-12H,1-2,13-14H2,3-4H3/b7-6-,17-8+. The van der Waals surface area contributed by atoms with Gasteiger partial charge in [-0.1, -0.05) is 55.2 Å². The number of ether oxygens (including phenoxy) is 2. The van der Waals surface area contributed by atoms with Crippen molar-refractivity contribution < 1.29 is 14.3 Å². The fourth-order valence-corrected chi connectivity index (χ4v) is 1.51. The second kappa shape index (κ2) is 9.53. The Kier molecular flexibility index (Phi) is 7.65. The summed E-state index contributed by atoms with van der Waals surface area (Å²) >= 11 is 0. The molecule has 1 aromatic rings.